The standard InChI is InChI=1S/C20H27N3O2/c1-23-13-12-22-20(23)19(17-9-14-25-15-10-17)21-11-5-7-16-6-3-4-8-18(16)24-2/h3-8,12-13,17,19,21H,9-11,14-15H2,1-2H3/b7-5+. The quantitative estimate of drug-likeness (QED) is 0.840. The number of rotatable bonds is 7. The van der Waals surface area contributed by atoms with Gasteiger partial charge in [-0.25, -0.2) is 4.98 Å². The molecular formula is C20H27N3O2. The summed E-state index contributed by atoms with van der Waals surface area (Å²) in [5.41, 5.74) is 1.09. The molecule has 0 saturated carbocycles. The van der Waals surface area contributed by atoms with Crippen molar-refractivity contribution in [3.8, 4) is 5.75 Å². The molecule has 1 aliphatic heterocycles. The summed E-state index contributed by atoms with van der Waals surface area (Å²) in [7, 11) is 3.76. The summed E-state index contributed by atoms with van der Waals surface area (Å²) in [6.45, 7) is 2.46. The minimum absolute atomic E-state index is 0.242. The van der Waals surface area contributed by atoms with Gasteiger partial charge in [0.15, 0.2) is 0 Å². The number of benzene rings is 1. The molecule has 0 radical (unpaired) electrons. The Morgan fingerprint density at radius 2 is 2.16 bits per heavy atom. The molecule has 5 heteroatoms. The van der Waals surface area contributed by atoms with Crippen LogP contribution < -0.4 is 10.1 Å². The average Bonchev–Trinajstić information content (AvgIpc) is 3.08. The van der Waals surface area contributed by atoms with Gasteiger partial charge < -0.3 is 19.4 Å². The number of nitrogens with zero attached hydrogens (tertiary/aromatic N) is 2. The van der Waals surface area contributed by atoms with Crippen molar-refractivity contribution in [1.82, 2.24) is 14.9 Å². The fourth-order valence-corrected chi connectivity index (χ4v) is 3.38. The predicted octanol–water partition coefficient (Wildman–Crippen LogP) is 3.20. The molecule has 0 spiro atoms. The number of imidazole rings is 1. The van der Waals surface area contributed by atoms with Gasteiger partial charge in [0.1, 0.15) is 11.6 Å². The van der Waals surface area contributed by atoms with Gasteiger partial charge in [0.05, 0.1) is 13.2 Å². The smallest absolute Gasteiger partial charge is 0.126 e. The summed E-state index contributed by atoms with van der Waals surface area (Å²) in [5.74, 6) is 2.54. The molecule has 2 aromatic rings. The molecule has 5 nitrogen and oxygen atoms in total. The number of ether oxygens (including phenoxy) is 2. The summed E-state index contributed by atoms with van der Waals surface area (Å²) < 4.78 is 13.0. The van der Waals surface area contributed by atoms with Gasteiger partial charge in [-0.2, -0.15) is 0 Å². The molecule has 1 atom stereocenters. The SMILES string of the molecule is COc1ccccc1/C=C/CNC(c1nccn1C)C1CCOCC1. The average molecular weight is 341 g/mol. The van der Waals surface area contributed by atoms with Gasteiger partial charge in [0.2, 0.25) is 0 Å². The Kier molecular flexibility index (Phi) is 6.25. The van der Waals surface area contributed by atoms with Crippen LogP contribution in [0.2, 0.25) is 0 Å². The number of para-hydroxylation sites is 1. The van der Waals surface area contributed by atoms with E-state index in [4.69, 9.17) is 9.47 Å². The van der Waals surface area contributed by atoms with E-state index in [1.807, 2.05) is 30.6 Å². The van der Waals surface area contributed by atoms with Crippen LogP contribution in [-0.2, 0) is 11.8 Å². The summed E-state index contributed by atoms with van der Waals surface area (Å²) >= 11 is 0. The van der Waals surface area contributed by atoms with E-state index in [2.05, 4.69) is 40.1 Å². The number of aryl methyl sites for hydroxylation is 1. The first kappa shape index (κ1) is 17.7. The monoisotopic (exact) mass is 341 g/mol. The highest BCUT2D eigenvalue weighted by Gasteiger charge is 2.27. The highest BCUT2D eigenvalue weighted by atomic mass is 16.5. The molecule has 25 heavy (non-hydrogen) atoms. The highest BCUT2D eigenvalue weighted by molar-refractivity contribution is 5.57. The predicted molar refractivity (Wildman–Crippen MR) is 99.5 cm³/mol. The maximum absolute atomic E-state index is 5.52. The van der Waals surface area contributed by atoms with Gasteiger partial charge in [0.25, 0.3) is 0 Å². The first-order valence-electron chi connectivity index (χ1n) is 8.87. The fraction of sp³-hybridized carbons (Fsp3) is 0.450. The van der Waals surface area contributed by atoms with Gasteiger partial charge in [-0.3, -0.25) is 0 Å². The van der Waals surface area contributed by atoms with Crippen molar-refractivity contribution in [2.45, 2.75) is 18.9 Å². The summed E-state index contributed by atoms with van der Waals surface area (Å²) in [5, 5.41) is 3.67. The zero-order valence-electron chi connectivity index (χ0n) is 15.0. The fourth-order valence-electron chi connectivity index (χ4n) is 3.38. The van der Waals surface area contributed by atoms with Gasteiger partial charge >= 0.3 is 0 Å². The van der Waals surface area contributed by atoms with E-state index in [9.17, 15) is 0 Å². The van der Waals surface area contributed by atoms with Crippen LogP contribution in [0.3, 0.4) is 0 Å². The molecule has 1 aliphatic rings. The Labute approximate surface area is 149 Å². The van der Waals surface area contributed by atoms with Crippen molar-refractivity contribution < 1.29 is 9.47 Å². The molecule has 134 valence electrons. The summed E-state index contributed by atoms with van der Waals surface area (Å²) in [6, 6.07) is 8.28. The Balaban J connectivity index is 1.66. The van der Waals surface area contributed by atoms with E-state index in [1.54, 1.807) is 7.11 Å². The Morgan fingerprint density at radius 3 is 2.88 bits per heavy atom. The van der Waals surface area contributed by atoms with Crippen LogP contribution in [0, 0.1) is 5.92 Å². The largest absolute Gasteiger partial charge is 0.496 e. The molecule has 1 fully saturated rings. The van der Waals surface area contributed by atoms with Crippen LogP contribution in [0.5, 0.6) is 5.75 Å². The number of methoxy groups -OCH3 is 1. The molecule has 1 unspecified atom stereocenters. The minimum atomic E-state index is 0.242. The summed E-state index contributed by atoms with van der Waals surface area (Å²) in [4.78, 5) is 4.57. The second-order valence-electron chi connectivity index (χ2n) is 6.38. The Hall–Kier alpha value is -2.11. The first-order chi connectivity index (χ1) is 12.3. The van der Waals surface area contributed by atoms with E-state index >= 15 is 0 Å². The third-order valence-corrected chi connectivity index (χ3v) is 4.77. The Morgan fingerprint density at radius 1 is 1.36 bits per heavy atom. The second kappa shape index (κ2) is 8.83. The molecule has 1 aromatic carbocycles. The van der Waals surface area contributed by atoms with Crippen LogP contribution in [0.15, 0.2) is 42.7 Å². The lowest BCUT2D eigenvalue weighted by molar-refractivity contribution is 0.0526. The van der Waals surface area contributed by atoms with E-state index in [0.717, 1.165) is 49.7 Å². The van der Waals surface area contributed by atoms with Crippen molar-refractivity contribution in [3.63, 3.8) is 0 Å². The first-order valence-corrected chi connectivity index (χ1v) is 8.87. The van der Waals surface area contributed by atoms with Crippen LogP contribution in [0.4, 0.5) is 0 Å². The van der Waals surface area contributed by atoms with Crippen molar-refractivity contribution in [2.24, 2.45) is 13.0 Å². The molecule has 1 aromatic heterocycles. The molecule has 0 bridgehead atoms. The van der Waals surface area contributed by atoms with E-state index < -0.39 is 0 Å². The number of nitrogens with one attached hydrogen (secondary N) is 1. The Bertz CT molecular complexity index is 690. The molecule has 2 heterocycles. The lowest BCUT2D eigenvalue weighted by atomic mass is 9.91. The second-order valence-corrected chi connectivity index (χ2v) is 6.38. The van der Waals surface area contributed by atoms with E-state index in [0.29, 0.717) is 5.92 Å². The normalized spacial score (nSPS) is 17.0. The van der Waals surface area contributed by atoms with Crippen LogP contribution in [0.1, 0.15) is 30.3 Å². The number of hydrogen-bond acceptors (Lipinski definition) is 4. The summed E-state index contributed by atoms with van der Waals surface area (Å²) in [6.07, 6.45) is 10.3. The van der Waals surface area contributed by atoms with Crippen molar-refractivity contribution in [2.75, 3.05) is 26.9 Å². The zero-order chi connectivity index (χ0) is 17.5. The van der Waals surface area contributed by atoms with Crippen molar-refractivity contribution >= 4 is 6.08 Å². The third-order valence-electron chi connectivity index (χ3n) is 4.77. The van der Waals surface area contributed by atoms with Crippen molar-refractivity contribution in [1.29, 1.82) is 0 Å². The topological polar surface area (TPSA) is 48.3 Å². The maximum atomic E-state index is 5.52. The highest BCUT2D eigenvalue weighted by Crippen LogP contribution is 2.29. The van der Waals surface area contributed by atoms with Crippen LogP contribution in [0.25, 0.3) is 6.08 Å². The van der Waals surface area contributed by atoms with Crippen LogP contribution >= 0.6 is 0 Å². The van der Waals surface area contributed by atoms with Gasteiger partial charge in [-0.15, -0.1) is 0 Å². The van der Waals surface area contributed by atoms with Gasteiger partial charge in [-0.05, 0) is 24.8 Å². The minimum Gasteiger partial charge on any atom is -0.496 e. The van der Waals surface area contributed by atoms with Gasteiger partial charge in [0, 0.05) is 44.8 Å². The van der Waals surface area contributed by atoms with E-state index in [-0.39, 0.29) is 6.04 Å². The molecular weight excluding hydrogens is 314 g/mol. The lowest BCUT2D eigenvalue weighted by Gasteiger charge is -2.30. The zero-order valence-corrected chi connectivity index (χ0v) is 15.0. The maximum Gasteiger partial charge on any atom is 0.126 e. The van der Waals surface area contributed by atoms with E-state index in [1.165, 1.54) is 0 Å². The molecule has 3 rings (SSSR count). The number of hydrogen-bond donors (Lipinski definition) is 1. The molecule has 1 N–H and O–H groups in total. The molecule has 0 amide bonds. The lowest BCUT2D eigenvalue weighted by Crippen LogP contribution is -2.34. The molecule has 0 aliphatic carbocycles. The van der Waals surface area contributed by atoms with Gasteiger partial charge in [-0.1, -0.05) is 30.4 Å². The van der Waals surface area contributed by atoms with Crippen LogP contribution in [-0.4, -0.2) is 36.4 Å². The van der Waals surface area contributed by atoms with Crippen molar-refractivity contribution in [3.05, 3.63) is 54.1 Å². The molecule has 1 saturated heterocycles. The third kappa shape index (κ3) is 4.50. The number of aromatic nitrogens is 2.